The highest BCUT2D eigenvalue weighted by molar-refractivity contribution is 7.10. The van der Waals surface area contributed by atoms with Gasteiger partial charge in [-0.1, -0.05) is 0 Å². The zero-order valence-electron chi connectivity index (χ0n) is 22.0. The molecule has 2 aromatic carbocycles. The monoisotopic (exact) mass is 587 g/mol. The Balaban J connectivity index is 1.36. The SMILES string of the molecule is C[C@@H](NC(=O)C1CC(F)(CF)CN1C(=O)CNC(=O)c1ccc(Oc2ccc(F)cc2)cc1)c1cc(C(=N)N)cs1. The van der Waals surface area contributed by atoms with Crippen molar-refractivity contribution in [3.63, 3.8) is 0 Å². The molecule has 1 aromatic heterocycles. The van der Waals surface area contributed by atoms with Crippen molar-refractivity contribution in [2.45, 2.75) is 31.1 Å². The lowest BCUT2D eigenvalue weighted by atomic mass is 10.0. The van der Waals surface area contributed by atoms with Crippen LogP contribution in [-0.4, -0.2) is 59.9 Å². The van der Waals surface area contributed by atoms with Gasteiger partial charge < -0.3 is 26.0 Å². The number of nitrogens with two attached hydrogens (primary N) is 1. The summed E-state index contributed by atoms with van der Waals surface area (Å²) < 4.78 is 47.2. The average molecular weight is 588 g/mol. The van der Waals surface area contributed by atoms with Crippen molar-refractivity contribution in [2.24, 2.45) is 5.73 Å². The van der Waals surface area contributed by atoms with Crippen LogP contribution in [-0.2, 0) is 9.59 Å². The van der Waals surface area contributed by atoms with Gasteiger partial charge in [0.05, 0.1) is 19.1 Å². The molecule has 3 atom stereocenters. The molecule has 0 saturated carbocycles. The summed E-state index contributed by atoms with van der Waals surface area (Å²) in [6.45, 7) is -0.862. The van der Waals surface area contributed by atoms with Crippen molar-refractivity contribution in [1.29, 1.82) is 5.41 Å². The number of nitrogens with one attached hydrogen (secondary N) is 3. The van der Waals surface area contributed by atoms with E-state index in [9.17, 15) is 27.6 Å². The summed E-state index contributed by atoms with van der Waals surface area (Å²) in [5.41, 5.74) is 3.79. The van der Waals surface area contributed by atoms with Crippen molar-refractivity contribution < 1.29 is 32.3 Å². The summed E-state index contributed by atoms with van der Waals surface area (Å²) >= 11 is 1.27. The third-order valence-corrected chi connectivity index (χ3v) is 7.65. The van der Waals surface area contributed by atoms with Gasteiger partial charge in [-0.05, 0) is 61.5 Å². The number of nitrogen functional groups attached to an aromatic ring is 1. The predicted octanol–water partition coefficient (Wildman–Crippen LogP) is 3.85. The standard InChI is InChI=1S/C28H28F3N5O4S/c1-16(23-10-18(13-41-23)25(32)33)35-27(39)22-11-28(31,14-29)15-36(22)24(37)12-34-26(38)17-2-6-20(7-3-17)40-21-8-4-19(30)5-9-21/h2-10,13,16,22H,11-12,14-15H2,1H3,(H3,32,33)(H,34,38)(H,35,39)/t16-,22?,28?/m1/s1. The van der Waals surface area contributed by atoms with E-state index in [1.165, 1.54) is 59.9 Å². The Labute approximate surface area is 238 Å². The van der Waals surface area contributed by atoms with Gasteiger partial charge in [0.1, 0.15) is 35.9 Å². The number of hydrogen-bond acceptors (Lipinski definition) is 6. The van der Waals surface area contributed by atoms with Gasteiger partial charge in [0.25, 0.3) is 5.91 Å². The number of halogens is 3. The van der Waals surface area contributed by atoms with Crippen LogP contribution in [0.4, 0.5) is 13.2 Å². The second kappa shape index (κ2) is 12.4. The van der Waals surface area contributed by atoms with E-state index >= 15 is 0 Å². The minimum absolute atomic E-state index is 0.125. The molecule has 0 bridgehead atoms. The molecule has 13 heteroatoms. The predicted molar refractivity (Wildman–Crippen MR) is 147 cm³/mol. The van der Waals surface area contributed by atoms with E-state index in [2.05, 4.69) is 10.6 Å². The molecule has 9 nitrogen and oxygen atoms in total. The molecule has 1 aliphatic heterocycles. The van der Waals surface area contributed by atoms with Crippen molar-refractivity contribution in [2.75, 3.05) is 19.8 Å². The van der Waals surface area contributed by atoms with Gasteiger partial charge in [0.15, 0.2) is 5.67 Å². The van der Waals surface area contributed by atoms with Crippen LogP contribution in [0.1, 0.15) is 40.2 Å². The van der Waals surface area contributed by atoms with Crippen molar-refractivity contribution in [1.82, 2.24) is 15.5 Å². The van der Waals surface area contributed by atoms with Crippen LogP contribution in [0.5, 0.6) is 11.5 Å². The van der Waals surface area contributed by atoms with Crippen LogP contribution in [0.3, 0.4) is 0 Å². The van der Waals surface area contributed by atoms with Gasteiger partial charge in [-0.2, -0.15) is 0 Å². The Kier molecular flexibility index (Phi) is 8.96. The number of ether oxygens (including phenoxy) is 1. The van der Waals surface area contributed by atoms with Gasteiger partial charge in [0.2, 0.25) is 11.8 Å². The van der Waals surface area contributed by atoms with E-state index < -0.39 is 67.5 Å². The second-order valence-corrected chi connectivity index (χ2v) is 10.6. The Morgan fingerprint density at radius 2 is 1.78 bits per heavy atom. The summed E-state index contributed by atoms with van der Waals surface area (Å²) in [5.74, 6) is -1.74. The minimum Gasteiger partial charge on any atom is -0.457 e. The lowest BCUT2D eigenvalue weighted by Crippen LogP contribution is -2.49. The third kappa shape index (κ3) is 7.23. The number of thiophene rings is 1. The van der Waals surface area contributed by atoms with Gasteiger partial charge in [-0.25, -0.2) is 13.2 Å². The smallest absolute Gasteiger partial charge is 0.251 e. The van der Waals surface area contributed by atoms with Crippen LogP contribution in [0, 0.1) is 11.2 Å². The molecule has 5 N–H and O–H groups in total. The number of amidine groups is 1. The highest BCUT2D eigenvalue weighted by atomic mass is 32.1. The van der Waals surface area contributed by atoms with Gasteiger partial charge in [-0.15, -0.1) is 11.3 Å². The topological polar surface area (TPSA) is 138 Å². The van der Waals surface area contributed by atoms with Crippen LogP contribution in [0.15, 0.2) is 60.0 Å². The van der Waals surface area contributed by atoms with Gasteiger partial charge >= 0.3 is 0 Å². The number of benzene rings is 2. The van der Waals surface area contributed by atoms with Gasteiger partial charge in [-0.3, -0.25) is 19.8 Å². The normalized spacial score (nSPS) is 18.9. The number of amides is 3. The van der Waals surface area contributed by atoms with Crippen LogP contribution >= 0.6 is 11.3 Å². The van der Waals surface area contributed by atoms with E-state index in [0.717, 1.165) is 4.90 Å². The summed E-state index contributed by atoms with van der Waals surface area (Å²) in [6.07, 6.45) is -0.527. The number of rotatable bonds is 10. The first-order valence-electron chi connectivity index (χ1n) is 12.6. The second-order valence-electron chi connectivity index (χ2n) is 9.67. The van der Waals surface area contributed by atoms with E-state index in [0.29, 0.717) is 21.9 Å². The molecular formula is C28H28F3N5O4S. The maximum Gasteiger partial charge on any atom is 0.251 e. The minimum atomic E-state index is -2.39. The maximum atomic E-state index is 15.0. The highest BCUT2D eigenvalue weighted by Gasteiger charge is 2.49. The Hall–Kier alpha value is -4.39. The van der Waals surface area contributed by atoms with Crippen LogP contribution < -0.4 is 21.1 Å². The molecule has 2 unspecified atom stereocenters. The summed E-state index contributed by atoms with van der Waals surface area (Å²) in [7, 11) is 0. The van der Waals surface area contributed by atoms with Crippen LogP contribution in [0.25, 0.3) is 0 Å². The number of nitrogens with zero attached hydrogens (tertiary/aromatic N) is 1. The molecule has 216 valence electrons. The fourth-order valence-electron chi connectivity index (χ4n) is 4.30. The maximum absolute atomic E-state index is 15.0. The van der Waals surface area contributed by atoms with Crippen molar-refractivity contribution >= 4 is 34.9 Å². The first kappa shape index (κ1) is 29.6. The molecular weight excluding hydrogens is 559 g/mol. The quantitative estimate of drug-likeness (QED) is 0.211. The van der Waals surface area contributed by atoms with Crippen molar-refractivity contribution in [3.8, 4) is 11.5 Å². The highest BCUT2D eigenvalue weighted by Crippen LogP contribution is 2.32. The molecule has 3 aromatic rings. The Bertz CT molecular complexity index is 1430. The number of alkyl halides is 2. The fourth-order valence-corrected chi connectivity index (χ4v) is 5.22. The molecule has 1 saturated heterocycles. The molecule has 0 spiro atoms. The zero-order chi connectivity index (χ0) is 29.7. The molecule has 41 heavy (non-hydrogen) atoms. The van der Waals surface area contributed by atoms with E-state index in [4.69, 9.17) is 15.9 Å². The third-order valence-electron chi connectivity index (χ3n) is 6.53. The molecule has 0 aliphatic carbocycles. The Morgan fingerprint density at radius 1 is 1.15 bits per heavy atom. The molecule has 2 heterocycles. The van der Waals surface area contributed by atoms with Gasteiger partial charge in [0, 0.05) is 27.8 Å². The number of likely N-dealkylation sites (tertiary alicyclic amines) is 1. The zero-order valence-corrected chi connectivity index (χ0v) is 22.8. The summed E-state index contributed by atoms with van der Waals surface area (Å²) in [4.78, 5) is 40.3. The number of carbonyl (C=O) groups is 3. The van der Waals surface area contributed by atoms with Crippen molar-refractivity contribution in [3.05, 3.63) is 81.8 Å². The Morgan fingerprint density at radius 3 is 2.37 bits per heavy atom. The summed E-state index contributed by atoms with van der Waals surface area (Å²) in [5, 5.41) is 14.3. The molecule has 1 aliphatic rings. The largest absolute Gasteiger partial charge is 0.457 e. The lowest BCUT2D eigenvalue weighted by Gasteiger charge is -2.25. The first-order chi connectivity index (χ1) is 19.5. The van der Waals surface area contributed by atoms with E-state index in [1.807, 2.05) is 0 Å². The number of hydrogen-bond donors (Lipinski definition) is 4. The average Bonchev–Trinajstić information content (AvgIpc) is 3.59. The lowest BCUT2D eigenvalue weighted by molar-refractivity contribution is -0.138. The fraction of sp³-hybridized carbons (Fsp3) is 0.286. The molecule has 4 rings (SSSR count). The summed E-state index contributed by atoms with van der Waals surface area (Å²) in [6, 6.07) is 11.2. The van der Waals surface area contributed by atoms with E-state index in [-0.39, 0.29) is 11.4 Å². The number of carbonyl (C=O) groups excluding carboxylic acids is 3. The first-order valence-corrected chi connectivity index (χ1v) is 13.5. The molecule has 0 radical (unpaired) electrons. The molecule has 1 fully saturated rings. The van der Waals surface area contributed by atoms with E-state index in [1.54, 1.807) is 18.4 Å². The molecule has 3 amide bonds. The van der Waals surface area contributed by atoms with Crippen LogP contribution in [0.2, 0.25) is 0 Å².